The molecule has 0 N–H and O–H groups in total. The van der Waals surface area contributed by atoms with Gasteiger partial charge >= 0.3 is 5.97 Å². The topological polar surface area (TPSA) is 63.7 Å². The van der Waals surface area contributed by atoms with Gasteiger partial charge in [-0.3, -0.25) is 9.69 Å². The highest BCUT2D eigenvalue weighted by molar-refractivity contribution is 7.91. The van der Waals surface area contributed by atoms with Crippen molar-refractivity contribution in [3.8, 4) is 5.75 Å². The molecule has 1 aliphatic rings. The zero-order valence-electron chi connectivity index (χ0n) is 15.3. The quantitative estimate of drug-likeness (QED) is 0.572. The smallest absolute Gasteiger partial charge is 0.325 e. The van der Waals surface area contributed by atoms with Gasteiger partial charge < -0.3 is 4.74 Å². The number of halogens is 1. The van der Waals surface area contributed by atoms with Gasteiger partial charge in [0.1, 0.15) is 5.75 Å². The van der Waals surface area contributed by atoms with Crippen LogP contribution in [0, 0.1) is 0 Å². The predicted molar refractivity (Wildman–Crippen MR) is 103 cm³/mol. The maximum Gasteiger partial charge on any atom is 0.325 e. The van der Waals surface area contributed by atoms with Crippen LogP contribution >= 0.6 is 12.4 Å². The first-order chi connectivity index (χ1) is 11.2. The summed E-state index contributed by atoms with van der Waals surface area (Å²) in [6.07, 6.45) is 0. The zero-order valence-corrected chi connectivity index (χ0v) is 17.0. The molecule has 0 atom stereocenters. The third-order valence-corrected chi connectivity index (χ3v) is 5.93. The molecule has 0 bridgehead atoms. The number of carbonyl (C=O) groups excluding carboxylic acids is 1. The van der Waals surface area contributed by atoms with Crippen molar-refractivity contribution >= 4 is 28.2 Å². The van der Waals surface area contributed by atoms with E-state index in [1.807, 2.05) is 23.1 Å². The maximum atomic E-state index is 12.4. The van der Waals surface area contributed by atoms with Crippen LogP contribution in [0.1, 0.15) is 50.7 Å². The molecule has 0 saturated carbocycles. The van der Waals surface area contributed by atoms with Crippen molar-refractivity contribution < 1.29 is 17.9 Å². The highest BCUT2D eigenvalue weighted by atomic mass is 35.5. The molecule has 0 unspecified atom stereocenters. The second-order valence-corrected chi connectivity index (χ2v) is 9.28. The fraction of sp³-hybridized carbons (Fsp3) is 0.611. The number of benzene rings is 1. The number of hydrogen-bond acceptors (Lipinski definition) is 5. The molecule has 0 spiro atoms. The second-order valence-electron chi connectivity index (χ2n) is 6.98. The SMILES string of the molecule is CC(C)c1cccc(C(C)C)c1OC(=O)CN1CCS(=O)(=O)CC1.Cl. The first-order valence-corrected chi connectivity index (χ1v) is 10.3. The molecule has 0 amide bonds. The van der Waals surface area contributed by atoms with E-state index < -0.39 is 9.84 Å². The molecule has 1 fully saturated rings. The molecule has 5 nitrogen and oxygen atoms in total. The average molecular weight is 390 g/mol. The number of esters is 1. The molecule has 1 saturated heterocycles. The Kier molecular flexibility index (Phi) is 7.90. The second kappa shape index (κ2) is 9.01. The summed E-state index contributed by atoms with van der Waals surface area (Å²) in [5, 5.41) is 0. The normalized spacial score (nSPS) is 17.4. The Hall–Kier alpha value is -1.11. The van der Waals surface area contributed by atoms with Crippen molar-refractivity contribution in [2.45, 2.75) is 39.5 Å². The van der Waals surface area contributed by atoms with Crippen LogP contribution < -0.4 is 4.74 Å². The summed E-state index contributed by atoms with van der Waals surface area (Å²) in [6.45, 7) is 9.21. The predicted octanol–water partition coefficient (Wildman–Crippen LogP) is 2.99. The number of para-hydroxylation sites is 1. The number of rotatable bonds is 5. The largest absolute Gasteiger partial charge is 0.425 e. The van der Waals surface area contributed by atoms with Gasteiger partial charge in [0.2, 0.25) is 0 Å². The number of carbonyl (C=O) groups is 1. The minimum absolute atomic E-state index is 0. The van der Waals surface area contributed by atoms with Gasteiger partial charge in [0.15, 0.2) is 9.84 Å². The highest BCUT2D eigenvalue weighted by Crippen LogP contribution is 2.34. The van der Waals surface area contributed by atoms with Gasteiger partial charge in [0.05, 0.1) is 18.1 Å². The molecule has 7 heteroatoms. The summed E-state index contributed by atoms with van der Waals surface area (Å²) in [6, 6.07) is 5.98. The van der Waals surface area contributed by atoms with Crippen LogP contribution in [0.2, 0.25) is 0 Å². The van der Waals surface area contributed by atoms with Gasteiger partial charge in [-0.15, -0.1) is 12.4 Å². The molecule has 1 heterocycles. The van der Waals surface area contributed by atoms with E-state index >= 15 is 0 Å². The van der Waals surface area contributed by atoms with Crippen molar-refractivity contribution in [1.82, 2.24) is 4.90 Å². The van der Waals surface area contributed by atoms with Gasteiger partial charge in [-0.25, -0.2) is 8.42 Å². The van der Waals surface area contributed by atoms with Crippen LogP contribution in [0.3, 0.4) is 0 Å². The van der Waals surface area contributed by atoms with Crippen LogP contribution in [0.15, 0.2) is 18.2 Å². The summed E-state index contributed by atoms with van der Waals surface area (Å²) in [5.74, 6) is 1.07. The molecule has 142 valence electrons. The Morgan fingerprint density at radius 2 is 1.56 bits per heavy atom. The first-order valence-electron chi connectivity index (χ1n) is 8.46. The highest BCUT2D eigenvalue weighted by Gasteiger charge is 2.25. The van der Waals surface area contributed by atoms with Crippen LogP contribution in [0.5, 0.6) is 5.75 Å². The van der Waals surface area contributed by atoms with Gasteiger partial charge in [-0.05, 0) is 23.0 Å². The molecule has 25 heavy (non-hydrogen) atoms. The van der Waals surface area contributed by atoms with E-state index in [0.717, 1.165) is 11.1 Å². The standard InChI is InChI=1S/C18H27NO4S.ClH/c1-13(2)15-6-5-7-16(14(3)4)18(15)23-17(20)12-19-8-10-24(21,22)11-9-19;/h5-7,13-14H,8-12H2,1-4H3;1H. The summed E-state index contributed by atoms with van der Waals surface area (Å²) >= 11 is 0. The van der Waals surface area contributed by atoms with Crippen LogP contribution in [-0.4, -0.2) is 50.4 Å². The average Bonchev–Trinajstić information content (AvgIpc) is 2.49. The van der Waals surface area contributed by atoms with Gasteiger partial charge in [0, 0.05) is 13.1 Å². The number of hydrogen-bond donors (Lipinski definition) is 0. The molecule has 0 aliphatic carbocycles. The lowest BCUT2D eigenvalue weighted by Crippen LogP contribution is -2.43. The first kappa shape index (κ1) is 21.9. The van der Waals surface area contributed by atoms with Crippen molar-refractivity contribution in [2.75, 3.05) is 31.1 Å². The van der Waals surface area contributed by atoms with E-state index in [0.29, 0.717) is 18.8 Å². The molecule has 1 aliphatic heterocycles. The Labute approximate surface area is 157 Å². The third-order valence-electron chi connectivity index (χ3n) is 4.33. The molecule has 2 rings (SSSR count). The molecular formula is C18H28ClNO4S. The van der Waals surface area contributed by atoms with E-state index in [2.05, 4.69) is 27.7 Å². The Morgan fingerprint density at radius 3 is 2.00 bits per heavy atom. The van der Waals surface area contributed by atoms with E-state index in [9.17, 15) is 13.2 Å². The van der Waals surface area contributed by atoms with Crippen LogP contribution in [0.4, 0.5) is 0 Å². The molecule has 1 aromatic carbocycles. The zero-order chi connectivity index (χ0) is 17.9. The monoisotopic (exact) mass is 389 g/mol. The molecular weight excluding hydrogens is 362 g/mol. The fourth-order valence-electron chi connectivity index (χ4n) is 2.84. The van der Waals surface area contributed by atoms with E-state index in [1.54, 1.807) is 0 Å². The summed E-state index contributed by atoms with van der Waals surface area (Å²) < 4.78 is 28.7. The van der Waals surface area contributed by atoms with Crippen molar-refractivity contribution in [2.24, 2.45) is 0 Å². The minimum Gasteiger partial charge on any atom is -0.425 e. The van der Waals surface area contributed by atoms with Crippen molar-refractivity contribution in [3.63, 3.8) is 0 Å². The van der Waals surface area contributed by atoms with Crippen LogP contribution in [-0.2, 0) is 14.6 Å². The fourth-order valence-corrected chi connectivity index (χ4v) is 4.11. The molecule has 1 aromatic rings. The Balaban J connectivity index is 0.00000312. The van der Waals surface area contributed by atoms with E-state index in [-0.39, 0.29) is 48.3 Å². The summed E-state index contributed by atoms with van der Waals surface area (Å²) in [7, 11) is -2.94. The number of nitrogens with zero attached hydrogens (tertiary/aromatic N) is 1. The third kappa shape index (κ3) is 5.97. The minimum atomic E-state index is -2.94. The maximum absolute atomic E-state index is 12.4. The van der Waals surface area contributed by atoms with E-state index in [4.69, 9.17) is 4.74 Å². The van der Waals surface area contributed by atoms with Crippen molar-refractivity contribution in [1.29, 1.82) is 0 Å². The Morgan fingerprint density at radius 1 is 1.08 bits per heavy atom. The van der Waals surface area contributed by atoms with Crippen LogP contribution in [0.25, 0.3) is 0 Å². The van der Waals surface area contributed by atoms with Crippen molar-refractivity contribution in [3.05, 3.63) is 29.3 Å². The Bertz CT molecular complexity index is 661. The summed E-state index contributed by atoms with van der Waals surface area (Å²) in [4.78, 5) is 14.2. The lowest BCUT2D eigenvalue weighted by atomic mass is 9.94. The van der Waals surface area contributed by atoms with Gasteiger partial charge in [0.25, 0.3) is 0 Å². The number of sulfone groups is 1. The number of ether oxygens (including phenoxy) is 1. The van der Waals surface area contributed by atoms with Gasteiger partial charge in [-0.1, -0.05) is 45.9 Å². The van der Waals surface area contributed by atoms with E-state index in [1.165, 1.54) is 0 Å². The molecule has 0 radical (unpaired) electrons. The lowest BCUT2D eigenvalue weighted by Gasteiger charge is -2.26. The molecule has 0 aromatic heterocycles. The lowest BCUT2D eigenvalue weighted by molar-refractivity contribution is -0.135. The summed E-state index contributed by atoms with van der Waals surface area (Å²) in [5.41, 5.74) is 2.05. The van der Waals surface area contributed by atoms with Gasteiger partial charge in [-0.2, -0.15) is 0 Å².